The van der Waals surface area contributed by atoms with E-state index in [1.165, 1.54) is 0 Å². The molecule has 2 heterocycles. The van der Waals surface area contributed by atoms with Gasteiger partial charge in [0, 0.05) is 17.9 Å². The number of hydrogen-bond donors (Lipinski definition) is 1. The molecule has 0 saturated heterocycles. The van der Waals surface area contributed by atoms with Crippen molar-refractivity contribution in [3.8, 4) is 5.69 Å². The number of amides is 1. The third kappa shape index (κ3) is 3.04. The number of aryl methyl sites for hydroxylation is 1. The lowest BCUT2D eigenvalue weighted by Crippen LogP contribution is -2.31. The Morgan fingerprint density at radius 1 is 1.22 bits per heavy atom. The van der Waals surface area contributed by atoms with Gasteiger partial charge < -0.3 is 9.73 Å². The predicted molar refractivity (Wildman–Crippen MR) is 100 cm³/mol. The fourth-order valence-corrected chi connectivity index (χ4v) is 3.90. The van der Waals surface area contributed by atoms with Crippen LogP contribution in [0.15, 0.2) is 41.0 Å². The van der Waals surface area contributed by atoms with Gasteiger partial charge in [0.25, 0.3) is 5.91 Å². The Hall–Kier alpha value is -2.60. The maximum Gasteiger partial charge on any atom is 0.291 e. The molecule has 2 aromatic heterocycles. The molecule has 0 unspecified atom stereocenters. The molecule has 2 aliphatic rings. The fraction of sp³-hybridized carbons (Fsp3) is 0.350. The predicted octanol–water partition coefficient (Wildman–Crippen LogP) is 4.20. The molecular weight excluding hydrogens is 364 g/mol. The van der Waals surface area contributed by atoms with Gasteiger partial charge in [-0.2, -0.15) is 0 Å². The average Bonchev–Trinajstić information content (AvgIpc) is 3.23. The molecule has 0 spiro atoms. The van der Waals surface area contributed by atoms with Crippen LogP contribution in [0, 0.1) is 0 Å². The first-order valence-corrected chi connectivity index (χ1v) is 9.67. The second-order valence-electron chi connectivity index (χ2n) is 7.15. The van der Waals surface area contributed by atoms with Gasteiger partial charge >= 0.3 is 0 Å². The van der Waals surface area contributed by atoms with Gasteiger partial charge in [-0.1, -0.05) is 23.7 Å². The van der Waals surface area contributed by atoms with Crippen LogP contribution in [0.2, 0.25) is 5.02 Å². The van der Waals surface area contributed by atoms with E-state index in [1.807, 2.05) is 30.3 Å². The lowest BCUT2D eigenvalue weighted by Gasteiger charge is -2.22. The van der Waals surface area contributed by atoms with Gasteiger partial charge in [-0.3, -0.25) is 4.79 Å². The summed E-state index contributed by atoms with van der Waals surface area (Å²) in [5.41, 5.74) is 1.81. The number of furan rings is 1. The van der Waals surface area contributed by atoms with E-state index < -0.39 is 0 Å². The van der Waals surface area contributed by atoms with Crippen molar-refractivity contribution in [3.05, 3.63) is 64.6 Å². The summed E-state index contributed by atoms with van der Waals surface area (Å²) in [4.78, 5) is 17.4. The maximum absolute atomic E-state index is 12.9. The minimum absolute atomic E-state index is 0.0587. The van der Waals surface area contributed by atoms with Crippen molar-refractivity contribution < 1.29 is 9.21 Å². The van der Waals surface area contributed by atoms with Crippen molar-refractivity contribution in [3.63, 3.8) is 0 Å². The molecule has 6 nitrogen and oxygen atoms in total. The smallest absolute Gasteiger partial charge is 0.291 e. The lowest BCUT2D eigenvalue weighted by atomic mass is 9.93. The van der Waals surface area contributed by atoms with Crippen molar-refractivity contribution in [1.29, 1.82) is 0 Å². The van der Waals surface area contributed by atoms with Gasteiger partial charge in [-0.25, -0.2) is 9.67 Å². The Morgan fingerprint density at radius 2 is 2.07 bits per heavy atom. The Morgan fingerprint density at radius 3 is 2.89 bits per heavy atom. The van der Waals surface area contributed by atoms with Crippen LogP contribution in [-0.4, -0.2) is 20.7 Å². The molecule has 0 bridgehead atoms. The molecule has 7 heteroatoms. The zero-order chi connectivity index (χ0) is 18.4. The topological polar surface area (TPSA) is 73.0 Å². The average molecular weight is 383 g/mol. The number of hydrogen-bond acceptors (Lipinski definition) is 4. The van der Waals surface area contributed by atoms with E-state index in [4.69, 9.17) is 16.0 Å². The quantitative estimate of drug-likeness (QED) is 0.734. The number of para-hydroxylation sites is 1. The third-order valence-electron chi connectivity index (χ3n) is 5.22. The van der Waals surface area contributed by atoms with Crippen LogP contribution >= 0.6 is 11.6 Å². The number of benzene rings is 1. The van der Waals surface area contributed by atoms with E-state index in [0.29, 0.717) is 10.9 Å². The summed E-state index contributed by atoms with van der Waals surface area (Å²) in [7, 11) is 0. The van der Waals surface area contributed by atoms with Gasteiger partial charge in [-0.05, 0) is 43.9 Å². The van der Waals surface area contributed by atoms with Crippen LogP contribution in [0.1, 0.15) is 65.4 Å². The van der Waals surface area contributed by atoms with Crippen LogP contribution in [-0.2, 0) is 6.42 Å². The number of rotatable bonds is 4. The monoisotopic (exact) mass is 382 g/mol. The van der Waals surface area contributed by atoms with Crippen molar-refractivity contribution in [2.75, 3.05) is 0 Å². The summed E-state index contributed by atoms with van der Waals surface area (Å²) in [5, 5.41) is 8.16. The number of nitrogens with zero attached hydrogens (tertiary/aromatic N) is 3. The van der Waals surface area contributed by atoms with Gasteiger partial charge in [0.15, 0.2) is 0 Å². The molecule has 5 rings (SSSR count). The van der Waals surface area contributed by atoms with Gasteiger partial charge in [0.2, 0.25) is 5.82 Å². The molecule has 1 amide bonds. The highest BCUT2D eigenvalue weighted by Gasteiger charge is 2.33. The van der Waals surface area contributed by atoms with E-state index in [0.717, 1.165) is 54.9 Å². The maximum atomic E-state index is 12.9. The molecule has 1 saturated carbocycles. The van der Waals surface area contributed by atoms with Gasteiger partial charge in [0.05, 0.1) is 23.0 Å². The SMILES string of the molecule is O=C(N[C@@H]1CCCc2occc21)c1nc(C2CC2)n(-c2ccccc2Cl)n1. The number of aromatic nitrogens is 3. The third-order valence-corrected chi connectivity index (χ3v) is 5.54. The highest BCUT2D eigenvalue weighted by molar-refractivity contribution is 6.32. The van der Waals surface area contributed by atoms with Crippen molar-refractivity contribution >= 4 is 17.5 Å². The van der Waals surface area contributed by atoms with Gasteiger partial charge in [0.1, 0.15) is 11.6 Å². The van der Waals surface area contributed by atoms with E-state index in [2.05, 4.69) is 15.4 Å². The van der Waals surface area contributed by atoms with Crippen LogP contribution in [0.4, 0.5) is 0 Å². The van der Waals surface area contributed by atoms with E-state index >= 15 is 0 Å². The number of carbonyl (C=O) groups is 1. The normalized spacial score (nSPS) is 18.9. The molecule has 0 aliphatic heterocycles. The lowest BCUT2D eigenvalue weighted by molar-refractivity contribution is 0.0921. The number of carbonyl (C=O) groups excluding carboxylic acids is 1. The number of nitrogens with one attached hydrogen (secondary N) is 1. The van der Waals surface area contributed by atoms with E-state index in [-0.39, 0.29) is 17.8 Å². The summed E-state index contributed by atoms with van der Waals surface area (Å²) in [6.07, 6.45) is 6.60. The molecule has 138 valence electrons. The summed E-state index contributed by atoms with van der Waals surface area (Å²) in [6, 6.07) is 9.36. The fourth-order valence-electron chi connectivity index (χ4n) is 3.69. The molecule has 27 heavy (non-hydrogen) atoms. The first-order chi connectivity index (χ1) is 13.2. The van der Waals surface area contributed by atoms with E-state index in [9.17, 15) is 4.79 Å². The summed E-state index contributed by atoms with van der Waals surface area (Å²) < 4.78 is 7.23. The van der Waals surface area contributed by atoms with Crippen LogP contribution < -0.4 is 5.32 Å². The molecular formula is C20H19ClN4O2. The zero-order valence-corrected chi connectivity index (χ0v) is 15.4. The molecule has 1 atom stereocenters. The number of fused-ring (bicyclic) bond motifs is 1. The molecule has 0 radical (unpaired) electrons. The molecule has 2 aliphatic carbocycles. The Bertz CT molecular complexity index is 1010. The standard InChI is InChI=1S/C20H19ClN4O2/c21-14-4-1-2-6-16(14)25-19(12-8-9-12)23-18(24-25)20(26)22-15-5-3-7-17-13(15)10-11-27-17/h1-2,4,6,10-12,15H,3,5,7-9H2,(H,22,26)/t15-/m1/s1. The van der Waals surface area contributed by atoms with Crippen molar-refractivity contribution in [2.45, 2.75) is 44.1 Å². The second-order valence-corrected chi connectivity index (χ2v) is 7.56. The van der Waals surface area contributed by atoms with Gasteiger partial charge in [-0.15, -0.1) is 5.10 Å². The van der Waals surface area contributed by atoms with Crippen molar-refractivity contribution in [1.82, 2.24) is 20.1 Å². The van der Waals surface area contributed by atoms with Crippen molar-refractivity contribution in [2.24, 2.45) is 0 Å². The highest BCUT2D eigenvalue weighted by Crippen LogP contribution is 2.40. The van der Waals surface area contributed by atoms with Crippen LogP contribution in [0.5, 0.6) is 0 Å². The minimum Gasteiger partial charge on any atom is -0.469 e. The second kappa shape index (κ2) is 6.53. The Labute approximate surface area is 161 Å². The highest BCUT2D eigenvalue weighted by atomic mass is 35.5. The first-order valence-electron chi connectivity index (χ1n) is 9.29. The van der Waals surface area contributed by atoms with E-state index in [1.54, 1.807) is 10.9 Å². The summed E-state index contributed by atoms with van der Waals surface area (Å²) in [6.45, 7) is 0. The Kier molecular flexibility index (Phi) is 4.01. The zero-order valence-electron chi connectivity index (χ0n) is 14.7. The molecule has 1 aromatic carbocycles. The first kappa shape index (κ1) is 16.6. The molecule has 1 fully saturated rings. The molecule has 1 N–H and O–H groups in total. The summed E-state index contributed by atoms with van der Waals surface area (Å²) >= 11 is 6.34. The van der Waals surface area contributed by atoms with Crippen LogP contribution in [0.3, 0.4) is 0 Å². The summed E-state index contributed by atoms with van der Waals surface area (Å²) in [5.74, 6) is 2.03. The minimum atomic E-state index is -0.262. The largest absolute Gasteiger partial charge is 0.469 e. The molecule has 3 aromatic rings. The Balaban J connectivity index is 1.45. The number of halogens is 1. The van der Waals surface area contributed by atoms with Crippen LogP contribution in [0.25, 0.3) is 5.69 Å².